The number of hydrogen-bond acceptors (Lipinski definition) is 8. The fraction of sp³-hybridized carbons (Fsp3) is 0.211. The van der Waals surface area contributed by atoms with Crippen LogP contribution in [-0.2, 0) is 0 Å². The van der Waals surface area contributed by atoms with Gasteiger partial charge in [0.25, 0.3) is 11.8 Å². The number of halogens is 2. The van der Waals surface area contributed by atoms with Crippen LogP contribution in [0, 0.1) is 18.6 Å². The number of aryl methyl sites for hydroxylation is 1. The maximum Gasteiger partial charge on any atom is 0.271 e. The van der Waals surface area contributed by atoms with Gasteiger partial charge in [-0.05, 0) is 43.6 Å². The highest BCUT2D eigenvalue weighted by Gasteiger charge is 2.20. The zero-order valence-corrected chi connectivity index (χ0v) is 17.2. The molecule has 2 amide bonds. The van der Waals surface area contributed by atoms with Gasteiger partial charge in [-0.25, -0.2) is 18.7 Å². The number of aromatic nitrogens is 3. The van der Waals surface area contributed by atoms with Crippen molar-refractivity contribution in [3.63, 3.8) is 0 Å². The number of nitrogens with two attached hydrogens (primary N) is 1. The minimum Gasteiger partial charge on any atom is -0.351 e. The first-order chi connectivity index (χ1) is 14.9. The number of hydrogen-bond donors (Lipinski definition) is 4. The van der Waals surface area contributed by atoms with E-state index in [4.69, 9.17) is 5.73 Å². The topological polar surface area (TPSA) is 135 Å². The highest BCUT2D eigenvalue weighted by atomic mass is 32.1. The summed E-state index contributed by atoms with van der Waals surface area (Å²) in [4.78, 5) is 32.8. The summed E-state index contributed by atoms with van der Waals surface area (Å²) in [5.41, 5.74) is 6.29. The number of nitrogens with one attached hydrogen (secondary N) is 3. The Morgan fingerprint density at radius 2 is 1.94 bits per heavy atom. The maximum absolute atomic E-state index is 13.4. The minimum atomic E-state index is -1.07. The minimum absolute atomic E-state index is 0.102. The van der Waals surface area contributed by atoms with E-state index >= 15 is 0 Å². The molecule has 0 fully saturated rings. The molecule has 162 valence electrons. The molecule has 0 radical (unpaired) electrons. The van der Waals surface area contributed by atoms with Crippen LogP contribution in [0.5, 0.6) is 0 Å². The van der Waals surface area contributed by atoms with Crippen molar-refractivity contribution in [3.8, 4) is 0 Å². The molecule has 0 aliphatic rings. The predicted molar refractivity (Wildman–Crippen MR) is 112 cm³/mol. The van der Waals surface area contributed by atoms with E-state index in [2.05, 4.69) is 30.3 Å². The van der Waals surface area contributed by atoms with E-state index < -0.39 is 17.5 Å². The van der Waals surface area contributed by atoms with Gasteiger partial charge in [-0.15, -0.1) is 0 Å². The Kier molecular flexibility index (Phi) is 7.15. The van der Waals surface area contributed by atoms with Crippen LogP contribution in [-0.4, -0.2) is 39.2 Å². The summed E-state index contributed by atoms with van der Waals surface area (Å²) in [5, 5.41) is 8.50. The zero-order valence-electron chi connectivity index (χ0n) is 16.4. The molecule has 0 spiro atoms. The molecule has 31 heavy (non-hydrogen) atoms. The van der Waals surface area contributed by atoms with Crippen LogP contribution in [0.1, 0.15) is 33.0 Å². The third-order valence-corrected chi connectivity index (χ3v) is 4.91. The lowest BCUT2D eigenvalue weighted by Gasteiger charge is -2.09. The Morgan fingerprint density at radius 1 is 1.13 bits per heavy atom. The monoisotopic (exact) mass is 447 g/mol. The van der Waals surface area contributed by atoms with Crippen molar-refractivity contribution >= 4 is 39.9 Å². The van der Waals surface area contributed by atoms with Crippen molar-refractivity contribution in [2.24, 2.45) is 5.73 Å². The fourth-order valence-corrected chi connectivity index (χ4v) is 3.31. The highest BCUT2D eigenvalue weighted by molar-refractivity contribution is 7.10. The van der Waals surface area contributed by atoms with Crippen molar-refractivity contribution in [1.82, 2.24) is 19.7 Å². The van der Waals surface area contributed by atoms with E-state index in [9.17, 15) is 18.4 Å². The number of carbonyl (C=O) groups excluding carboxylic acids is 2. The smallest absolute Gasteiger partial charge is 0.271 e. The quantitative estimate of drug-likeness (QED) is 0.390. The molecule has 5 N–H and O–H groups in total. The number of carbonyl (C=O) groups is 2. The van der Waals surface area contributed by atoms with Crippen molar-refractivity contribution in [2.45, 2.75) is 13.3 Å². The van der Waals surface area contributed by atoms with Gasteiger partial charge < -0.3 is 21.7 Å². The summed E-state index contributed by atoms with van der Waals surface area (Å²) in [6.07, 6.45) is 3.30. The first-order valence-electron chi connectivity index (χ1n) is 9.19. The molecule has 12 heteroatoms. The van der Waals surface area contributed by atoms with Gasteiger partial charge in [0, 0.05) is 18.3 Å². The standard InChI is InChI=1S/C19H19F2N7O2S/c1-10-16(18(30)26-11-3-4-12(20)13(21)7-11)19(31-28-10)27-15-9-24-14(8-25-15)17(29)23-6-2-5-22/h3-4,7-9H,2,5-6,22H2,1H3,(H,23,29)(H,25,27)(H,26,30). The van der Waals surface area contributed by atoms with Gasteiger partial charge in [0.05, 0.1) is 23.7 Å². The number of anilines is 3. The second kappa shape index (κ2) is 10.00. The molecule has 0 saturated carbocycles. The second-order valence-electron chi connectivity index (χ2n) is 6.37. The Labute approximate surface area is 180 Å². The molecule has 3 aromatic rings. The molecule has 0 saturated heterocycles. The van der Waals surface area contributed by atoms with Crippen molar-refractivity contribution in [1.29, 1.82) is 0 Å². The number of rotatable bonds is 8. The van der Waals surface area contributed by atoms with Crippen LogP contribution in [0.3, 0.4) is 0 Å². The Bertz CT molecular complexity index is 1090. The molecular weight excluding hydrogens is 428 g/mol. The highest BCUT2D eigenvalue weighted by Crippen LogP contribution is 2.28. The van der Waals surface area contributed by atoms with E-state index in [-0.39, 0.29) is 22.9 Å². The van der Waals surface area contributed by atoms with E-state index in [0.717, 1.165) is 23.7 Å². The second-order valence-corrected chi connectivity index (χ2v) is 7.14. The van der Waals surface area contributed by atoms with Gasteiger partial charge in [0.15, 0.2) is 11.6 Å². The summed E-state index contributed by atoms with van der Waals surface area (Å²) < 4.78 is 30.6. The molecular formula is C19H19F2N7O2S. The first-order valence-corrected chi connectivity index (χ1v) is 9.96. The van der Waals surface area contributed by atoms with Gasteiger partial charge in [0.2, 0.25) is 0 Å². The maximum atomic E-state index is 13.4. The average Bonchev–Trinajstić information content (AvgIpc) is 3.11. The molecule has 1 aromatic carbocycles. The van der Waals surface area contributed by atoms with Crippen LogP contribution < -0.4 is 21.7 Å². The normalized spacial score (nSPS) is 10.6. The molecule has 0 unspecified atom stereocenters. The van der Waals surface area contributed by atoms with Crippen LogP contribution >= 0.6 is 11.5 Å². The van der Waals surface area contributed by atoms with Gasteiger partial charge in [0.1, 0.15) is 16.5 Å². The number of nitrogens with zero attached hydrogens (tertiary/aromatic N) is 3. The van der Waals surface area contributed by atoms with Crippen LogP contribution in [0.15, 0.2) is 30.6 Å². The van der Waals surface area contributed by atoms with Crippen molar-refractivity contribution in [3.05, 3.63) is 59.2 Å². The third-order valence-electron chi connectivity index (χ3n) is 4.06. The molecule has 9 nitrogen and oxygen atoms in total. The summed E-state index contributed by atoms with van der Waals surface area (Å²) >= 11 is 1.02. The van der Waals surface area contributed by atoms with Crippen molar-refractivity contribution in [2.75, 3.05) is 23.7 Å². The number of amides is 2. The van der Waals surface area contributed by atoms with Crippen molar-refractivity contribution < 1.29 is 18.4 Å². The molecule has 0 bridgehead atoms. The summed E-state index contributed by atoms with van der Waals surface area (Å²) in [6, 6.07) is 3.06. The van der Waals surface area contributed by atoms with E-state index in [0.29, 0.717) is 36.0 Å². The molecule has 3 rings (SSSR count). The van der Waals surface area contributed by atoms with Gasteiger partial charge in [-0.3, -0.25) is 9.59 Å². The lowest BCUT2D eigenvalue weighted by atomic mass is 10.2. The number of benzene rings is 1. The largest absolute Gasteiger partial charge is 0.351 e. The van der Waals surface area contributed by atoms with Gasteiger partial charge in [-0.2, -0.15) is 4.37 Å². The van der Waals surface area contributed by atoms with Crippen LogP contribution in [0.4, 0.5) is 25.3 Å². The Hall–Kier alpha value is -3.51. The summed E-state index contributed by atoms with van der Waals surface area (Å²) in [6.45, 7) is 2.55. The molecule has 0 aliphatic carbocycles. The Balaban J connectivity index is 1.71. The van der Waals surface area contributed by atoms with Gasteiger partial charge in [-0.1, -0.05) is 0 Å². The summed E-state index contributed by atoms with van der Waals surface area (Å²) in [5.74, 6) is -2.71. The average molecular weight is 447 g/mol. The third kappa shape index (κ3) is 5.55. The van der Waals surface area contributed by atoms with E-state index in [1.165, 1.54) is 18.5 Å². The molecule has 0 atom stereocenters. The predicted octanol–water partition coefficient (Wildman–Crippen LogP) is 2.59. The van der Waals surface area contributed by atoms with E-state index in [1.54, 1.807) is 6.92 Å². The molecule has 0 aliphatic heterocycles. The zero-order chi connectivity index (χ0) is 22.4. The Morgan fingerprint density at radius 3 is 2.61 bits per heavy atom. The molecule has 2 heterocycles. The lowest BCUT2D eigenvalue weighted by Crippen LogP contribution is -2.26. The van der Waals surface area contributed by atoms with Gasteiger partial charge >= 0.3 is 0 Å². The SMILES string of the molecule is Cc1nsc(Nc2cnc(C(=O)NCCCN)cn2)c1C(=O)Nc1ccc(F)c(F)c1. The molecule has 2 aromatic heterocycles. The summed E-state index contributed by atoms with van der Waals surface area (Å²) in [7, 11) is 0. The van der Waals surface area contributed by atoms with Crippen LogP contribution in [0.25, 0.3) is 0 Å². The fourth-order valence-electron chi connectivity index (χ4n) is 2.51. The van der Waals surface area contributed by atoms with E-state index in [1.807, 2.05) is 0 Å². The lowest BCUT2D eigenvalue weighted by molar-refractivity contribution is 0.0947. The first kappa shape index (κ1) is 22.2. The van der Waals surface area contributed by atoms with Crippen LogP contribution in [0.2, 0.25) is 0 Å².